The number of hydrogen-bond donors (Lipinski definition) is 2. The highest BCUT2D eigenvalue weighted by Crippen LogP contribution is 2.34. The molecule has 2 aromatic carbocycles. The smallest absolute Gasteiger partial charge is 0.313 e. The van der Waals surface area contributed by atoms with Crippen molar-refractivity contribution in [2.75, 3.05) is 31.7 Å². The Morgan fingerprint density at radius 1 is 1.00 bits per heavy atom. The maximum absolute atomic E-state index is 12.4. The summed E-state index contributed by atoms with van der Waals surface area (Å²) in [5.41, 5.74) is 1.41. The molecule has 0 radical (unpaired) electrons. The molecule has 0 atom stereocenters. The molecule has 148 valence electrons. The fraction of sp³-hybridized carbons (Fsp3) is 0.364. The quantitative estimate of drug-likeness (QED) is 0.753. The molecule has 3 rings (SSSR count). The minimum atomic E-state index is -0.706. The van der Waals surface area contributed by atoms with E-state index >= 15 is 0 Å². The summed E-state index contributed by atoms with van der Waals surface area (Å²) in [5.74, 6) is -0.827. The summed E-state index contributed by atoms with van der Waals surface area (Å²) < 4.78 is 11.0. The summed E-state index contributed by atoms with van der Waals surface area (Å²) in [6.45, 7) is 4.00. The van der Waals surface area contributed by atoms with Crippen molar-refractivity contribution in [3.63, 3.8) is 0 Å². The molecule has 0 saturated carbocycles. The van der Waals surface area contributed by atoms with Gasteiger partial charge >= 0.3 is 11.8 Å². The number of anilines is 1. The van der Waals surface area contributed by atoms with Gasteiger partial charge in [-0.15, -0.1) is 0 Å². The molecule has 1 aliphatic rings. The second-order valence-electron chi connectivity index (χ2n) is 6.82. The SMILES string of the molecule is CCOc1ccccc1NC(=O)C(=O)NCC1(c2ccccc2)CCOCC1. The molecule has 1 saturated heterocycles. The van der Waals surface area contributed by atoms with Crippen LogP contribution in [0.1, 0.15) is 25.3 Å². The van der Waals surface area contributed by atoms with Crippen LogP contribution < -0.4 is 15.4 Å². The highest BCUT2D eigenvalue weighted by molar-refractivity contribution is 6.39. The molecule has 2 N–H and O–H groups in total. The van der Waals surface area contributed by atoms with Crippen LogP contribution in [0.4, 0.5) is 5.69 Å². The van der Waals surface area contributed by atoms with Crippen molar-refractivity contribution in [2.45, 2.75) is 25.2 Å². The van der Waals surface area contributed by atoms with E-state index in [0.717, 1.165) is 18.4 Å². The van der Waals surface area contributed by atoms with Crippen molar-refractivity contribution >= 4 is 17.5 Å². The number of hydrogen-bond acceptors (Lipinski definition) is 4. The van der Waals surface area contributed by atoms with E-state index < -0.39 is 11.8 Å². The summed E-state index contributed by atoms with van der Waals surface area (Å²) >= 11 is 0. The largest absolute Gasteiger partial charge is 0.492 e. The normalized spacial score (nSPS) is 15.5. The summed E-state index contributed by atoms with van der Waals surface area (Å²) in [7, 11) is 0. The highest BCUT2D eigenvalue weighted by Gasteiger charge is 2.35. The topological polar surface area (TPSA) is 76.7 Å². The molecule has 0 bridgehead atoms. The van der Waals surface area contributed by atoms with E-state index in [0.29, 0.717) is 37.8 Å². The van der Waals surface area contributed by atoms with Gasteiger partial charge in [0.2, 0.25) is 0 Å². The van der Waals surface area contributed by atoms with Crippen LogP contribution in [-0.2, 0) is 19.7 Å². The molecule has 2 aromatic rings. The zero-order valence-corrected chi connectivity index (χ0v) is 16.1. The molecule has 0 aromatic heterocycles. The van der Waals surface area contributed by atoms with E-state index in [1.807, 2.05) is 31.2 Å². The van der Waals surface area contributed by atoms with Gasteiger partial charge < -0.3 is 20.1 Å². The fourth-order valence-corrected chi connectivity index (χ4v) is 3.48. The van der Waals surface area contributed by atoms with E-state index in [1.165, 1.54) is 0 Å². The van der Waals surface area contributed by atoms with E-state index in [4.69, 9.17) is 9.47 Å². The Morgan fingerprint density at radius 3 is 2.39 bits per heavy atom. The number of nitrogens with one attached hydrogen (secondary N) is 2. The standard InChI is InChI=1S/C22H26N2O4/c1-2-28-19-11-7-6-10-18(19)24-21(26)20(25)23-16-22(12-14-27-15-13-22)17-8-4-3-5-9-17/h3-11H,2,12-16H2,1H3,(H,23,25)(H,24,26). The summed E-state index contributed by atoms with van der Waals surface area (Å²) in [4.78, 5) is 24.8. The summed E-state index contributed by atoms with van der Waals surface area (Å²) in [6.07, 6.45) is 1.60. The molecular formula is C22H26N2O4. The Labute approximate surface area is 165 Å². The first-order chi connectivity index (χ1) is 13.6. The third-order valence-electron chi connectivity index (χ3n) is 5.06. The minimum Gasteiger partial charge on any atom is -0.492 e. The van der Waals surface area contributed by atoms with E-state index in [9.17, 15) is 9.59 Å². The molecular weight excluding hydrogens is 356 g/mol. The fourth-order valence-electron chi connectivity index (χ4n) is 3.48. The molecule has 0 spiro atoms. The van der Waals surface area contributed by atoms with Crippen LogP contribution in [-0.4, -0.2) is 38.2 Å². The van der Waals surface area contributed by atoms with Crippen molar-refractivity contribution < 1.29 is 19.1 Å². The Bertz CT molecular complexity index is 801. The number of carbonyl (C=O) groups is 2. The molecule has 2 amide bonds. The van der Waals surface area contributed by atoms with Gasteiger partial charge in [0.05, 0.1) is 12.3 Å². The van der Waals surface area contributed by atoms with Gasteiger partial charge in [-0.3, -0.25) is 9.59 Å². The van der Waals surface area contributed by atoms with Crippen LogP contribution in [0.25, 0.3) is 0 Å². The molecule has 6 nitrogen and oxygen atoms in total. The highest BCUT2D eigenvalue weighted by atomic mass is 16.5. The molecule has 0 aliphatic carbocycles. The van der Waals surface area contributed by atoms with Gasteiger partial charge in [-0.1, -0.05) is 42.5 Å². The average Bonchev–Trinajstić information content (AvgIpc) is 2.75. The minimum absolute atomic E-state index is 0.224. The van der Waals surface area contributed by atoms with Crippen LogP contribution in [0.2, 0.25) is 0 Å². The Balaban J connectivity index is 1.66. The molecule has 1 fully saturated rings. The number of carbonyl (C=O) groups excluding carboxylic acids is 2. The lowest BCUT2D eigenvalue weighted by Gasteiger charge is -2.37. The summed E-state index contributed by atoms with van der Waals surface area (Å²) in [5, 5.41) is 5.45. The van der Waals surface area contributed by atoms with Gasteiger partial charge in [0, 0.05) is 25.2 Å². The van der Waals surface area contributed by atoms with E-state index in [1.54, 1.807) is 18.2 Å². The van der Waals surface area contributed by atoms with Crippen molar-refractivity contribution in [1.29, 1.82) is 0 Å². The van der Waals surface area contributed by atoms with Gasteiger partial charge in [0.15, 0.2) is 0 Å². The van der Waals surface area contributed by atoms with Crippen LogP contribution in [0.5, 0.6) is 5.75 Å². The second-order valence-corrected chi connectivity index (χ2v) is 6.82. The van der Waals surface area contributed by atoms with Crippen LogP contribution in [0.3, 0.4) is 0 Å². The van der Waals surface area contributed by atoms with E-state index in [2.05, 4.69) is 22.8 Å². The van der Waals surface area contributed by atoms with Gasteiger partial charge in [-0.2, -0.15) is 0 Å². The first kappa shape index (κ1) is 19.9. The summed E-state index contributed by atoms with van der Waals surface area (Å²) in [6, 6.07) is 17.1. The van der Waals surface area contributed by atoms with Gasteiger partial charge in [-0.05, 0) is 37.5 Å². The molecule has 1 heterocycles. The predicted octanol–water partition coefficient (Wildman–Crippen LogP) is 2.89. The maximum Gasteiger partial charge on any atom is 0.313 e. The zero-order chi connectivity index (χ0) is 19.8. The Morgan fingerprint density at radius 2 is 1.68 bits per heavy atom. The predicted molar refractivity (Wildman–Crippen MR) is 107 cm³/mol. The number of benzene rings is 2. The van der Waals surface area contributed by atoms with Gasteiger partial charge in [0.1, 0.15) is 5.75 Å². The third kappa shape index (κ3) is 4.70. The molecule has 28 heavy (non-hydrogen) atoms. The zero-order valence-electron chi connectivity index (χ0n) is 16.1. The van der Waals surface area contributed by atoms with E-state index in [-0.39, 0.29) is 5.41 Å². The van der Waals surface area contributed by atoms with Gasteiger partial charge in [0.25, 0.3) is 0 Å². The number of ether oxygens (including phenoxy) is 2. The van der Waals surface area contributed by atoms with Crippen molar-refractivity contribution in [1.82, 2.24) is 5.32 Å². The van der Waals surface area contributed by atoms with Crippen molar-refractivity contribution in [3.8, 4) is 5.75 Å². The molecule has 6 heteroatoms. The second kappa shape index (κ2) is 9.37. The van der Waals surface area contributed by atoms with Gasteiger partial charge in [-0.25, -0.2) is 0 Å². The molecule has 0 unspecified atom stereocenters. The number of amides is 2. The van der Waals surface area contributed by atoms with Crippen molar-refractivity contribution in [3.05, 3.63) is 60.2 Å². The lowest BCUT2D eigenvalue weighted by Crippen LogP contribution is -2.47. The maximum atomic E-state index is 12.4. The van der Waals surface area contributed by atoms with Crippen molar-refractivity contribution in [2.24, 2.45) is 0 Å². The Hall–Kier alpha value is -2.86. The van der Waals surface area contributed by atoms with Crippen LogP contribution in [0, 0.1) is 0 Å². The number of para-hydroxylation sites is 2. The third-order valence-corrected chi connectivity index (χ3v) is 5.06. The lowest BCUT2D eigenvalue weighted by atomic mass is 9.74. The number of rotatable bonds is 6. The average molecular weight is 382 g/mol. The Kier molecular flexibility index (Phi) is 6.66. The molecule has 1 aliphatic heterocycles. The first-order valence-corrected chi connectivity index (χ1v) is 9.59. The van der Waals surface area contributed by atoms with Crippen LogP contribution in [0.15, 0.2) is 54.6 Å². The lowest BCUT2D eigenvalue weighted by molar-refractivity contribution is -0.136. The van der Waals surface area contributed by atoms with Crippen LogP contribution >= 0.6 is 0 Å². The first-order valence-electron chi connectivity index (χ1n) is 9.59. The monoisotopic (exact) mass is 382 g/mol.